The summed E-state index contributed by atoms with van der Waals surface area (Å²) in [7, 11) is 0. The van der Waals surface area contributed by atoms with Gasteiger partial charge in [0.2, 0.25) is 5.88 Å². The molecule has 1 unspecified atom stereocenters. The molecular weight excluding hydrogens is 678 g/mol. The van der Waals surface area contributed by atoms with E-state index in [-0.39, 0.29) is 58.4 Å². The highest BCUT2D eigenvalue weighted by Gasteiger charge is 2.54. The molecule has 0 spiro atoms. The fourth-order valence-corrected chi connectivity index (χ4v) is 9.60. The molecule has 4 aromatic rings. The average Bonchev–Trinajstić information content (AvgIpc) is 3.72. The summed E-state index contributed by atoms with van der Waals surface area (Å²) in [4.78, 5) is 34.6. The molecule has 12 heteroatoms. The van der Waals surface area contributed by atoms with Crippen LogP contribution >= 0.6 is 0 Å². The van der Waals surface area contributed by atoms with E-state index in [2.05, 4.69) is 22.3 Å². The SMILES string of the molecule is C#Cc1c(F)ccc2cccc(-c3nc4c5c(nc(OCC67CCCN6CC(=C)C7)nc5c3F)N3C[C@H]5CC[C@@H]([C@H]3[C@H](C)O4)N5C(=O)OC(C)(C)C)c12. The Labute approximate surface area is 307 Å². The summed E-state index contributed by atoms with van der Waals surface area (Å²) < 4.78 is 51.5. The molecule has 0 aliphatic carbocycles. The third kappa shape index (κ3) is 5.30. The predicted octanol–water partition coefficient (Wildman–Crippen LogP) is 7.02. The maximum absolute atomic E-state index is 17.4. The number of hydrogen-bond acceptors (Lipinski definition) is 9. The molecule has 0 radical (unpaired) electrons. The minimum absolute atomic E-state index is 0.0147. The Morgan fingerprint density at radius 3 is 2.77 bits per heavy atom. The zero-order chi connectivity index (χ0) is 37.0. The van der Waals surface area contributed by atoms with E-state index in [4.69, 9.17) is 35.6 Å². The summed E-state index contributed by atoms with van der Waals surface area (Å²) in [6.07, 6.45) is 9.27. The molecule has 1 amide bonds. The highest BCUT2D eigenvalue weighted by atomic mass is 19.1. The molecule has 0 saturated carbocycles. The number of benzene rings is 2. The Morgan fingerprint density at radius 1 is 1.15 bits per heavy atom. The van der Waals surface area contributed by atoms with Crippen LogP contribution in [0, 0.1) is 24.0 Å². The van der Waals surface area contributed by atoms with Crippen LogP contribution in [0.1, 0.15) is 65.4 Å². The number of aromatic nitrogens is 3. The number of pyridine rings is 1. The molecule has 274 valence electrons. The molecule has 2 bridgehead atoms. The number of amides is 1. The Balaban J connectivity index is 1.22. The van der Waals surface area contributed by atoms with Crippen LogP contribution in [0.3, 0.4) is 0 Å². The Bertz CT molecular complexity index is 2270. The summed E-state index contributed by atoms with van der Waals surface area (Å²) in [5, 5.41) is 1.32. The summed E-state index contributed by atoms with van der Waals surface area (Å²) in [6.45, 7) is 14.3. The van der Waals surface area contributed by atoms with Gasteiger partial charge >= 0.3 is 12.1 Å². The lowest BCUT2D eigenvalue weighted by Gasteiger charge is -2.48. The smallest absolute Gasteiger partial charge is 0.410 e. The van der Waals surface area contributed by atoms with E-state index in [1.807, 2.05) is 32.6 Å². The van der Waals surface area contributed by atoms with Crippen molar-refractivity contribution in [3.8, 4) is 35.5 Å². The van der Waals surface area contributed by atoms with Gasteiger partial charge in [0, 0.05) is 24.0 Å². The normalized spacial score (nSPS) is 26.3. The number of piperazine rings is 1. The van der Waals surface area contributed by atoms with Crippen molar-refractivity contribution in [3.05, 3.63) is 59.7 Å². The van der Waals surface area contributed by atoms with Crippen molar-refractivity contribution >= 4 is 33.6 Å². The lowest BCUT2D eigenvalue weighted by molar-refractivity contribution is 0.000937. The van der Waals surface area contributed by atoms with E-state index in [0.29, 0.717) is 40.7 Å². The summed E-state index contributed by atoms with van der Waals surface area (Å²) in [5.41, 5.74) is 0.512. The largest absolute Gasteiger partial charge is 0.472 e. The minimum Gasteiger partial charge on any atom is -0.472 e. The number of hydrogen-bond donors (Lipinski definition) is 0. The van der Waals surface area contributed by atoms with Crippen LogP contribution in [0.25, 0.3) is 32.9 Å². The van der Waals surface area contributed by atoms with Crippen molar-refractivity contribution < 1.29 is 27.8 Å². The van der Waals surface area contributed by atoms with Gasteiger partial charge in [0.1, 0.15) is 46.5 Å². The van der Waals surface area contributed by atoms with Crippen molar-refractivity contribution in [1.29, 1.82) is 0 Å². The summed E-state index contributed by atoms with van der Waals surface area (Å²) in [5.74, 6) is 1.73. The van der Waals surface area contributed by atoms with Gasteiger partial charge in [-0.2, -0.15) is 9.97 Å². The monoisotopic (exact) mass is 720 g/mol. The number of fused-ring (bicyclic) bond motifs is 7. The van der Waals surface area contributed by atoms with Gasteiger partial charge in [-0.1, -0.05) is 42.3 Å². The molecular formula is C41H42F2N6O4. The maximum atomic E-state index is 17.4. The molecule has 7 heterocycles. The third-order valence-electron chi connectivity index (χ3n) is 11.7. The highest BCUT2D eigenvalue weighted by molar-refractivity contribution is 6.03. The van der Waals surface area contributed by atoms with E-state index in [1.165, 1.54) is 6.07 Å². The summed E-state index contributed by atoms with van der Waals surface area (Å²) in [6, 6.07) is 7.40. The van der Waals surface area contributed by atoms with Gasteiger partial charge in [-0.15, -0.1) is 6.42 Å². The quantitative estimate of drug-likeness (QED) is 0.163. The van der Waals surface area contributed by atoms with Gasteiger partial charge in [-0.05, 0) is 77.8 Å². The number of carbonyl (C=O) groups excluding carboxylic acids is 1. The van der Waals surface area contributed by atoms with E-state index in [9.17, 15) is 4.79 Å². The van der Waals surface area contributed by atoms with Crippen LogP contribution in [-0.4, -0.2) is 92.5 Å². The Hall–Kier alpha value is -5.02. The van der Waals surface area contributed by atoms with E-state index in [0.717, 1.165) is 50.8 Å². The molecule has 4 fully saturated rings. The molecule has 10 nitrogen and oxygen atoms in total. The number of rotatable bonds is 4. The maximum Gasteiger partial charge on any atom is 0.410 e. The van der Waals surface area contributed by atoms with Gasteiger partial charge in [0.15, 0.2) is 5.82 Å². The number of ether oxygens (including phenoxy) is 3. The lowest BCUT2D eigenvalue weighted by atomic mass is 9.94. The standard InChI is InChI=1S/C41H42F2N6O4/c1-7-26-28(42)14-12-24-10-8-11-27(30(24)26)33-32(43)34-31-36(46-38(45-34)51-21-41-16-9-17-47(41)19-22(2)18-41)48-20-25-13-15-29(35(48)23(3)52-37(31)44-33)49(25)39(50)53-40(4,5)6/h1,8,10-12,14,23,25,29,35H,2,9,13,15-21H2,3-6H3/t23-,25+,29-,35+,41?/m0/s1. The number of carbonyl (C=O) groups is 1. The molecule has 0 N–H and O–H groups in total. The second kappa shape index (κ2) is 12.0. The zero-order valence-electron chi connectivity index (χ0n) is 30.4. The second-order valence-electron chi connectivity index (χ2n) is 16.2. The minimum atomic E-state index is -0.725. The van der Waals surface area contributed by atoms with Gasteiger partial charge in [-0.25, -0.2) is 18.6 Å². The van der Waals surface area contributed by atoms with Gasteiger partial charge in [0.05, 0.1) is 29.2 Å². The first-order valence-corrected chi connectivity index (χ1v) is 18.4. The topological polar surface area (TPSA) is 93.2 Å². The van der Waals surface area contributed by atoms with Gasteiger partial charge in [-0.3, -0.25) is 9.80 Å². The Kier molecular flexibility index (Phi) is 7.65. The molecule has 2 aromatic carbocycles. The fraction of sp³-hybridized carbons (Fsp3) is 0.463. The first-order chi connectivity index (χ1) is 25.4. The van der Waals surface area contributed by atoms with Crippen LogP contribution in [0.2, 0.25) is 0 Å². The van der Waals surface area contributed by atoms with Crippen LogP contribution < -0.4 is 14.4 Å². The van der Waals surface area contributed by atoms with Crippen molar-refractivity contribution in [3.63, 3.8) is 0 Å². The third-order valence-corrected chi connectivity index (χ3v) is 11.7. The molecule has 9 rings (SSSR count). The van der Waals surface area contributed by atoms with Crippen LogP contribution in [0.15, 0.2) is 42.5 Å². The Morgan fingerprint density at radius 2 is 1.98 bits per heavy atom. The number of halogens is 2. The van der Waals surface area contributed by atoms with Crippen molar-refractivity contribution in [2.75, 3.05) is 31.1 Å². The van der Waals surface area contributed by atoms with Gasteiger partial charge in [0.25, 0.3) is 0 Å². The van der Waals surface area contributed by atoms with Crippen molar-refractivity contribution in [1.82, 2.24) is 24.8 Å². The number of nitrogens with zero attached hydrogens (tertiary/aromatic N) is 6. The number of anilines is 1. The first-order valence-electron chi connectivity index (χ1n) is 18.4. The van der Waals surface area contributed by atoms with Crippen LogP contribution in [0.5, 0.6) is 11.9 Å². The highest BCUT2D eigenvalue weighted by Crippen LogP contribution is 2.48. The van der Waals surface area contributed by atoms with Gasteiger partial charge < -0.3 is 19.1 Å². The molecule has 5 aliphatic rings. The summed E-state index contributed by atoms with van der Waals surface area (Å²) >= 11 is 0. The van der Waals surface area contributed by atoms with Crippen LogP contribution in [0.4, 0.5) is 19.4 Å². The molecule has 53 heavy (non-hydrogen) atoms. The predicted molar refractivity (Wildman–Crippen MR) is 197 cm³/mol. The lowest BCUT2D eigenvalue weighted by Crippen LogP contribution is -2.65. The second-order valence-corrected chi connectivity index (χ2v) is 16.2. The molecule has 5 aliphatic heterocycles. The average molecular weight is 721 g/mol. The van der Waals surface area contributed by atoms with Crippen molar-refractivity contribution in [2.45, 2.75) is 95.2 Å². The molecule has 4 saturated heterocycles. The van der Waals surface area contributed by atoms with Crippen LogP contribution in [-0.2, 0) is 4.74 Å². The van der Waals surface area contributed by atoms with E-state index in [1.54, 1.807) is 24.3 Å². The molecule has 2 aromatic heterocycles. The van der Waals surface area contributed by atoms with E-state index < -0.39 is 23.3 Å². The molecule has 5 atom stereocenters. The first kappa shape index (κ1) is 33.8. The fourth-order valence-electron chi connectivity index (χ4n) is 9.60. The van der Waals surface area contributed by atoms with E-state index >= 15 is 8.78 Å². The van der Waals surface area contributed by atoms with Crippen molar-refractivity contribution in [2.24, 2.45) is 0 Å². The number of terminal acetylenes is 1. The zero-order valence-corrected chi connectivity index (χ0v) is 30.4.